The number of urea groups is 1. The highest BCUT2D eigenvalue weighted by Gasteiger charge is 2.24. The highest BCUT2D eigenvalue weighted by Crippen LogP contribution is 2.07. The number of rotatable bonds is 1. The molecule has 14 heavy (non-hydrogen) atoms. The second kappa shape index (κ2) is 3.37. The Balaban J connectivity index is 2.21. The SMILES string of the molecule is O=C1N=CCN1C(=O)c1cccnc1. The van der Waals surface area contributed by atoms with Crippen molar-refractivity contribution in [2.75, 3.05) is 6.54 Å². The first kappa shape index (κ1) is 8.55. The minimum Gasteiger partial charge on any atom is -0.268 e. The van der Waals surface area contributed by atoms with Crippen molar-refractivity contribution in [3.63, 3.8) is 0 Å². The third-order valence-electron chi connectivity index (χ3n) is 1.85. The van der Waals surface area contributed by atoms with Crippen molar-refractivity contribution >= 4 is 18.2 Å². The van der Waals surface area contributed by atoms with Gasteiger partial charge in [-0.15, -0.1) is 0 Å². The Morgan fingerprint density at radius 3 is 2.93 bits per heavy atom. The summed E-state index contributed by atoms with van der Waals surface area (Å²) < 4.78 is 0. The van der Waals surface area contributed by atoms with Gasteiger partial charge in [-0.25, -0.2) is 9.79 Å². The lowest BCUT2D eigenvalue weighted by atomic mass is 10.2. The Morgan fingerprint density at radius 1 is 1.50 bits per heavy atom. The molecule has 0 atom stereocenters. The van der Waals surface area contributed by atoms with Gasteiger partial charge in [0, 0.05) is 18.6 Å². The number of hydrogen-bond donors (Lipinski definition) is 0. The van der Waals surface area contributed by atoms with E-state index < -0.39 is 6.03 Å². The van der Waals surface area contributed by atoms with Gasteiger partial charge in [-0.3, -0.25) is 14.7 Å². The molecule has 1 aromatic heterocycles. The fourth-order valence-corrected chi connectivity index (χ4v) is 1.16. The summed E-state index contributed by atoms with van der Waals surface area (Å²) in [5.74, 6) is -0.361. The van der Waals surface area contributed by atoms with Gasteiger partial charge in [-0.1, -0.05) is 0 Å². The standard InChI is InChI=1S/C9H7N3O2/c13-8(7-2-1-3-10-6-7)12-5-4-11-9(12)14/h1-4,6H,5H2. The van der Waals surface area contributed by atoms with Crippen molar-refractivity contribution < 1.29 is 9.59 Å². The maximum atomic E-state index is 11.6. The lowest BCUT2D eigenvalue weighted by Crippen LogP contribution is -2.32. The zero-order valence-electron chi connectivity index (χ0n) is 7.25. The van der Waals surface area contributed by atoms with E-state index in [9.17, 15) is 9.59 Å². The Kier molecular flexibility index (Phi) is 2.06. The summed E-state index contributed by atoms with van der Waals surface area (Å²) in [5.41, 5.74) is 0.395. The topological polar surface area (TPSA) is 62.6 Å². The van der Waals surface area contributed by atoms with Gasteiger partial charge in [0.05, 0.1) is 12.1 Å². The third kappa shape index (κ3) is 1.39. The Labute approximate surface area is 80.1 Å². The van der Waals surface area contributed by atoms with Crippen molar-refractivity contribution in [3.05, 3.63) is 30.1 Å². The summed E-state index contributed by atoms with van der Waals surface area (Å²) in [6.45, 7) is 0.243. The number of amides is 3. The minimum atomic E-state index is -0.515. The smallest absolute Gasteiger partial charge is 0.268 e. The van der Waals surface area contributed by atoms with Crippen molar-refractivity contribution in [3.8, 4) is 0 Å². The molecule has 0 N–H and O–H groups in total. The Morgan fingerprint density at radius 2 is 2.36 bits per heavy atom. The molecule has 5 heteroatoms. The maximum Gasteiger partial charge on any atom is 0.350 e. The molecule has 0 aromatic carbocycles. The molecule has 1 aliphatic heterocycles. The van der Waals surface area contributed by atoms with Crippen LogP contribution in [0.15, 0.2) is 29.5 Å². The normalized spacial score (nSPS) is 14.9. The molecular formula is C9H7N3O2. The molecule has 5 nitrogen and oxygen atoms in total. The van der Waals surface area contributed by atoms with E-state index in [0.29, 0.717) is 5.56 Å². The number of nitrogens with zero attached hydrogens (tertiary/aromatic N) is 3. The number of aromatic nitrogens is 1. The van der Waals surface area contributed by atoms with Gasteiger partial charge in [0.2, 0.25) is 0 Å². The van der Waals surface area contributed by atoms with Crippen LogP contribution in [0.3, 0.4) is 0 Å². The molecule has 0 fully saturated rings. The van der Waals surface area contributed by atoms with E-state index >= 15 is 0 Å². The second-order valence-corrected chi connectivity index (χ2v) is 2.75. The molecule has 0 radical (unpaired) electrons. The molecule has 1 aromatic rings. The highest BCUT2D eigenvalue weighted by molar-refractivity contribution is 6.09. The molecule has 0 unspecified atom stereocenters. The van der Waals surface area contributed by atoms with Gasteiger partial charge in [-0.2, -0.15) is 0 Å². The Hall–Kier alpha value is -2.04. The van der Waals surface area contributed by atoms with Gasteiger partial charge < -0.3 is 0 Å². The van der Waals surface area contributed by atoms with E-state index in [1.165, 1.54) is 12.4 Å². The first-order valence-electron chi connectivity index (χ1n) is 4.07. The second-order valence-electron chi connectivity index (χ2n) is 2.75. The molecule has 70 valence electrons. The van der Waals surface area contributed by atoms with Crippen LogP contribution in [0.1, 0.15) is 10.4 Å². The quantitative estimate of drug-likeness (QED) is 0.654. The molecule has 0 bridgehead atoms. The fraction of sp³-hybridized carbons (Fsp3) is 0.111. The minimum absolute atomic E-state index is 0.243. The van der Waals surface area contributed by atoms with Crippen LogP contribution in [-0.2, 0) is 0 Å². The molecule has 0 saturated carbocycles. The van der Waals surface area contributed by atoms with E-state index in [2.05, 4.69) is 9.98 Å². The average molecular weight is 189 g/mol. The molecule has 2 rings (SSSR count). The zero-order chi connectivity index (χ0) is 9.97. The van der Waals surface area contributed by atoms with Gasteiger partial charge >= 0.3 is 6.03 Å². The molecule has 3 amide bonds. The molecule has 0 spiro atoms. The predicted octanol–water partition coefficient (Wildman–Crippen LogP) is 0.728. The molecular weight excluding hydrogens is 182 g/mol. The largest absolute Gasteiger partial charge is 0.350 e. The summed E-state index contributed by atoms with van der Waals surface area (Å²) in [6, 6.07) is 2.74. The summed E-state index contributed by atoms with van der Waals surface area (Å²) in [6.07, 6.45) is 4.41. The zero-order valence-corrected chi connectivity index (χ0v) is 7.25. The third-order valence-corrected chi connectivity index (χ3v) is 1.85. The molecule has 2 heterocycles. The van der Waals surface area contributed by atoms with E-state index in [0.717, 1.165) is 4.90 Å². The van der Waals surface area contributed by atoms with Crippen LogP contribution in [-0.4, -0.2) is 34.6 Å². The number of carbonyl (C=O) groups is 2. The van der Waals surface area contributed by atoms with Crippen LogP contribution in [0.2, 0.25) is 0 Å². The van der Waals surface area contributed by atoms with E-state index in [1.807, 2.05) is 0 Å². The van der Waals surface area contributed by atoms with Crippen molar-refractivity contribution in [1.29, 1.82) is 0 Å². The molecule has 0 aliphatic carbocycles. The maximum absolute atomic E-state index is 11.6. The summed E-state index contributed by atoms with van der Waals surface area (Å²) in [4.78, 5) is 31.1. The van der Waals surface area contributed by atoms with Crippen LogP contribution in [0.25, 0.3) is 0 Å². The fourth-order valence-electron chi connectivity index (χ4n) is 1.16. The van der Waals surface area contributed by atoms with Crippen LogP contribution < -0.4 is 0 Å². The lowest BCUT2D eigenvalue weighted by Gasteiger charge is -2.10. The van der Waals surface area contributed by atoms with E-state index in [-0.39, 0.29) is 12.5 Å². The number of aliphatic imine (C=N–C) groups is 1. The van der Waals surface area contributed by atoms with Crippen molar-refractivity contribution in [2.24, 2.45) is 4.99 Å². The van der Waals surface area contributed by atoms with Crippen LogP contribution in [0.5, 0.6) is 0 Å². The van der Waals surface area contributed by atoms with Gasteiger partial charge in [0.15, 0.2) is 0 Å². The molecule has 0 saturated heterocycles. The average Bonchev–Trinajstić information content (AvgIpc) is 2.65. The number of hydrogen-bond acceptors (Lipinski definition) is 3. The lowest BCUT2D eigenvalue weighted by molar-refractivity contribution is 0.0833. The summed E-state index contributed by atoms with van der Waals surface area (Å²) >= 11 is 0. The van der Waals surface area contributed by atoms with E-state index in [1.54, 1.807) is 18.3 Å². The number of imide groups is 1. The van der Waals surface area contributed by atoms with Crippen LogP contribution in [0.4, 0.5) is 4.79 Å². The van der Waals surface area contributed by atoms with Crippen LogP contribution >= 0.6 is 0 Å². The van der Waals surface area contributed by atoms with Crippen LogP contribution in [0, 0.1) is 0 Å². The Bertz CT molecular complexity index is 400. The first-order valence-corrected chi connectivity index (χ1v) is 4.07. The van der Waals surface area contributed by atoms with Gasteiger partial charge in [0.25, 0.3) is 5.91 Å². The number of pyridine rings is 1. The monoisotopic (exact) mass is 189 g/mol. The van der Waals surface area contributed by atoms with Crippen molar-refractivity contribution in [2.45, 2.75) is 0 Å². The van der Waals surface area contributed by atoms with Crippen molar-refractivity contribution in [1.82, 2.24) is 9.88 Å². The summed E-state index contributed by atoms with van der Waals surface area (Å²) in [5, 5.41) is 0. The first-order chi connectivity index (χ1) is 6.79. The highest BCUT2D eigenvalue weighted by atomic mass is 16.2. The van der Waals surface area contributed by atoms with Gasteiger partial charge in [0.1, 0.15) is 0 Å². The predicted molar refractivity (Wildman–Crippen MR) is 49.2 cm³/mol. The van der Waals surface area contributed by atoms with E-state index in [4.69, 9.17) is 0 Å². The summed E-state index contributed by atoms with van der Waals surface area (Å²) in [7, 11) is 0. The number of carbonyl (C=O) groups excluding carboxylic acids is 2. The molecule has 1 aliphatic rings. The van der Waals surface area contributed by atoms with Gasteiger partial charge in [-0.05, 0) is 12.1 Å².